The maximum absolute atomic E-state index is 10.3. The van der Waals surface area contributed by atoms with Gasteiger partial charge in [0.2, 0.25) is 0 Å². The number of hydrogen-bond acceptors (Lipinski definition) is 3. The fourth-order valence-electron chi connectivity index (χ4n) is 1.04. The Hall–Kier alpha value is -0.610. The standard InChI is InChI=1S/C10H21NO3/c1-9(2)14-8-7-11(3,4)6-5-10(12)13/h9H,5-8H2,1-4H3. The monoisotopic (exact) mass is 203 g/mol. The van der Waals surface area contributed by atoms with Crippen molar-refractivity contribution in [2.24, 2.45) is 0 Å². The highest BCUT2D eigenvalue weighted by molar-refractivity contribution is 5.64. The van der Waals surface area contributed by atoms with Gasteiger partial charge in [-0.15, -0.1) is 0 Å². The second-order valence-electron chi connectivity index (χ2n) is 4.42. The molecule has 0 saturated carbocycles. The molecule has 0 unspecified atom stereocenters. The van der Waals surface area contributed by atoms with E-state index in [1.807, 2.05) is 27.9 Å². The van der Waals surface area contributed by atoms with Crippen molar-refractivity contribution in [3.63, 3.8) is 0 Å². The zero-order valence-corrected chi connectivity index (χ0v) is 9.58. The molecule has 0 heterocycles. The maximum Gasteiger partial charge on any atom is 0.102 e. The Morgan fingerprint density at radius 1 is 1.36 bits per heavy atom. The van der Waals surface area contributed by atoms with Gasteiger partial charge >= 0.3 is 0 Å². The molecule has 0 bridgehead atoms. The van der Waals surface area contributed by atoms with Crippen molar-refractivity contribution < 1.29 is 19.1 Å². The van der Waals surface area contributed by atoms with E-state index in [9.17, 15) is 9.90 Å². The van der Waals surface area contributed by atoms with E-state index in [0.29, 0.717) is 17.6 Å². The predicted molar refractivity (Wildman–Crippen MR) is 52.6 cm³/mol. The quantitative estimate of drug-likeness (QED) is 0.530. The van der Waals surface area contributed by atoms with E-state index in [1.54, 1.807) is 0 Å². The van der Waals surface area contributed by atoms with Gasteiger partial charge in [0.05, 0.1) is 33.4 Å². The van der Waals surface area contributed by atoms with E-state index in [1.165, 1.54) is 0 Å². The van der Waals surface area contributed by atoms with E-state index in [-0.39, 0.29) is 12.5 Å². The molecule has 0 N–H and O–H groups in total. The molecule has 0 aliphatic carbocycles. The number of carboxylic acid groups (broad SMARTS) is 1. The van der Waals surface area contributed by atoms with Crippen molar-refractivity contribution in [2.45, 2.75) is 26.4 Å². The summed E-state index contributed by atoms with van der Waals surface area (Å²) in [6.07, 6.45) is 0.338. The summed E-state index contributed by atoms with van der Waals surface area (Å²) < 4.78 is 6.06. The van der Waals surface area contributed by atoms with Crippen molar-refractivity contribution >= 4 is 5.97 Å². The second-order valence-corrected chi connectivity index (χ2v) is 4.42. The highest BCUT2D eigenvalue weighted by Gasteiger charge is 2.14. The molecule has 0 amide bonds. The first-order valence-electron chi connectivity index (χ1n) is 4.97. The molecule has 0 saturated heterocycles. The fourth-order valence-corrected chi connectivity index (χ4v) is 1.04. The van der Waals surface area contributed by atoms with Crippen LogP contribution in [0.25, 0.3) is 0 Å². The van der Waals surface area contributed by atoms with E-state index >= 15 is 0 Å². The lowest BCUT2D eigenvalue weighted by Crippen LogP contribution is -2.45. The normalized spacial score (nSPS) is 12.1. The molecule has 0 atom stereocenters. The maximum atomic E-state index is 10.3. The van der Waals surface area contributed by atoms with Crippen LogP contribution in [-0.4, -0.2) is 50.3 Å². The summed E-state index contributed by atoms with van der Waals surface area (Å²) in [5.41, 5.74) is 0. The molecule has 0 aromatic carbocycles. The molecule has 0 radical (unpaired) electrons. The minimum Gasteiger partial charge on any atom is -0.550 e. The molecule has 0 aromatic rings. The van der Waals surface area contributed by atoms with Crippen molar-refractivity contribution in [1.82, 2.24) is 0 Å². The topological polar surface area (TPSA) is 49.4 Å². The molecule has 0 aliphatic heterocycles. The van der Waals surface area contributed by atoms with Gasteiger partial charge < -0.3 is 19.1 Å². The van der Waals surface area contributed by atoms with Crippen molar-refractivity contribution in [2.75, 3.05) is 33.8 Å². The third-order valence-corrected chi connectivity index (χ3v) is 2.07. The smallest absolute Gasteiger partial charge is 0.102 e. The van der Waals surface area contributed by atoms with E-state index in [4.69, 9.17) is 4.74 Å². The van der Waals surface area contributed by atoms with Gasteiger partial charge in [-0.3, -0.25) is 0 Å². The molecule has 84 valence electrons. The Labute approximate surface area is 86.1 Å². The molecule has 0 spiro atoms. The van der Waals surface area contributed by atoms with Crippen LogP contribution in [0.1, 0.15) is 20.3 Å². The number of ether oxygens (including phenoxy) is 1. The summed E-state index contributed by atoms with van der Waals surface area (Å²) in [6, 6.07) is 0. The average Bonchev–Trinajstić information content (AvgIpc) is 2.00. The number of hydrogen-bond donors (Lipinski definition) is 0. The summed E-state index contributed by atoms with van der Waals surface area (Å²) in [6.45, 7) is 6.05. The van der Waals surface area contributed by atoms with Crippen molar-refractivity contribution in [3.8, 4) is 0 Å². The average molecular weight is 203 g/mol. The first-order valence-corrected chi connectivity index (χ1v) is 4.97. The highest BCUT2D eigenvalue weighted by atomic mass is 16.5. The number of aliphatic carboxylic acids is 1. The minimum atomic E-state index is -0.985. The zero-order chi connectivity index (χ0) is 11.2. The van der Waals surface area contributed by atoms with Gasteiger partial charge in [-0.05, 0) is 13.8 Å². The van der Waals surface area contributed by atoms with Crippen molar-refractivity contribution in [3.05, 3.63) is 0 Å². The summed E-state index contributed by atoms with van der Waals surface area (Å²) >= 11 is 0. The molecule has 4 nitrogen and oxygen atoms in total. The fraction of sp³-hybridized carbons (Fsp3) is 0.900. The molecular weight excluding hydrogens is 182 g/mol. The molecule has 14 heavy (non-hydrogen) atoms. The third-order valence-electron chi connectivity index (χ3n) is 2.07. The number of likely N-dealkylation sites (N-methyl/N-ethyl adjacent to an activating group) is 1. The van der Waals surface area contributed by atoms with Crippen LogP contribution >= 0.6 is 0 Å². The number of carbonyl (C=O) groups is 1. The van der Waals surface area contributed by atoms with E-state index in [0.717, 1.165) is 6.54 Å². The molecule has 0 rings (SSSR count). The van der Waals surface area contributed by atoms with Gasteiger partial charge in [0, 0.05) is 12.4 Å². The van der Waals surface area contributed by atoms with Crippen LogP contribution in [-0.2, 0) is 9.53 Å². The highest BCUT2D eigenvalue weighted by Crippen LogP contribution is 1.99. The predicted octanol–water partition coefficient (Wildman–Crippen LogP) is -0.372. The van der Waals surface area contributed by atoms with Crippen LogP contribution in [0.5, 0.6) is 0 Å². The molecular formula is C10H21NO3. The first kappa shape index (κ1) is 13.4. The summed E-state index contributed by atoms with van der Waals surface area (Å²) in [7, 11) is 3.99. The van der Waals surface area contributed by atoms with Gasteiger partial charge in [0.1, 0.15) is 6.54 Å². The van der Waals surface area contributed by atoms with Crippen LogP contribution in [0, 0.1) is 0 Å². The van der Waals surface area contributed by atoms with Crippen LogP contribution in [0.3, 0.4) is 0 Å². The lowest BCUT2D eigenvalue weighted by Gasteiger charge is -2.30. The molecule has 0 aliphatic rings. The van der Waals surface area contributed by atoms with Gasteiger partial charge in [0.25, 0.3) is 0 Å². The Morgan fingerprint density at radius 2 is 1.93 bits per heavy atom. The first-order chi connectivity index (χ1) is 6.33. The van der Waals surface area contributed by atoms with Gasteiger partial charge in [-0.1, -0.05) is 0 Å². The number of quaternary nitrogens is 1. The SMILES string of the molecule is CC(C)OCC[N+](C)(C)CCC(=O)[O-]. The number of carboxylic acids is 1. The van der Waals surface area contributed by atoms with Gasteiger partial charge in [-0.25, -0.2) is 0 Å². The lowest BCUT2D eigenvalue weighted by atomic mass is 10.3. The Balaban J connectivity index is 3.66. The van der Waals surface area contributed by atoms with E-state index < -0.39 is 5.97 Å². The minimum absolute atomic E-state index is 0.106. The molecule has 0 aromatic heterocycles. The Kier molecular flexibility index (Phi) is 5.72. The summed E-state index contributed by atoms with van der Waals surface area (Å²) in [5.74, 6) is -0.985. The number of nitrogens with zero attached hydrogens (tertiary/aromatic N) is 1. The zero-order valence-electron chi connectivity index (χ0n) is 9.58. The van der Waals surface area contributed by atoms with Crippen LogP contribution in [0.15, 0.2) is 0 Å². The van der Waals surface area contributed by atoms with Gasteiger partial charge in [-0.2, -0.15) is 0 Å². The molecule has 0 fully saturated rings. The van der Waals surface area contributed by atoms with Crippen LogP contribution in [0.2, 0.25) is 0 Å². The van der Waals surface area contributed by atoms with E-state index in [2.05, 4.69) is 0 Å². The van der Waals surface area contributed by atoms with Gasteiger partial charge in [0.15, 0.2) is 0 Å². The lowest BCUT2D eigenvalue weighted by molar-refractivity contribution is -0.890. The summed E-state index contributed by atoms with van der Waals surface area (Å²) in [5, 5.41) is 10.3. The molecule has 4 heteroatoms. The van der Waals surface area contributed by atoms with Crippen LogP contribution in [0.4, 0.5) is 0 Å². The number of carbonyl (C=O) groups excluding carboxylic acids is 1. The summed E-state index contributed by atoms with van der Waals surface area (Å²) in [4.78, 5) is 10.3. The van der Waals surface area contributed by atoms with Crippen LogP contribution < -0.4 is 5.11 Å². The third kappa shape index (κ3) is 8.01. The largest absolute Gasteiger partial charge is 0.550 e. The Bertz CT molecular complexity index is 178. The van der Waals surface area contributed by atoms with Crippen molar-refractivity contribution in [1.29, 1.82) is 0 Å². The number of rotatable bonds is 7. The second kappa shape index (κ2) is 5.98. The Morgan fingerprint density at radius 3 is 2.36 bits per heavy atom.